The van der Waals surface area contributed by atoms with E-state index < -0.39 is 35.9 Å². The normalized spacial score (nSPS) is 20.9. The van der Waals surface area contributed by atoms with Crippen molar-refractivity contribution < 1.29 is 33.6 Å². The fraction of sp³-hybridized carbons (Fsp3) is 0.219. The van der Waals surface area contributed by atoms with E-state index >= 15 is 0 Å². The van der Waals surface area contributed by atoms with Gasteiger partial charge in [0.1, 0.15) is 23.1 Å². The molecule has 0 heterocycles. The summed E-state index contributed by atoms with van der Waals surface area (Å²) in [6, 6.07) is 27.7. The Morgan fingerprint density at radius 2 is 1.33 bits per heavy atom. The molecule has 0 amide bonds. The Hall–Kier alpha value is -4.36. The third kappa shape index (κ3) is 5.05. The Balaban J connectivity index is 1.54. The van der Waals surface area contributed by atoms with Gasteiger partial charge in [-0.15, -0.1) is 0 Å². The summed E-state index contributed by atoms with van der Waals surface area (Å²) < 4.78 is 30.6. The number of hydrogen-bond acceptors (Lipinski definition) is 5. The number of carboxylic acid groups (broad SMARTS) is 1. The molecule has 4 aromatic carbocycles. The van der Waals surface area contributed by atoms with Crippen molar-refractivity contribution in [2.24, 2.45) is 11.8 Å². The SMILES string of the molecule is COc1ccccc1C1C(C(=O)O)[C@H](c2ccccc2OC)C1[C@@H](O)Oc1cccc(-c2ccc(F)cc2)c1. The van der Waals surface area contributed by atoms with Gasteiger partial charge in [-0.2, -0.15) is 0 Å². The summed E-state index contributed by atoms with van der Waals surface area (Å²) in [5.74, 6) is -2.49. The first-order valence-corrected chi connectivity index (χ1v) is 12.6. The highest BCUT2D eigenvalue weighted by Crippen LogP contribution is 2.61. The molecular weight excluding hydrogens is 499 g/mol. The number of aliphatic carboxylic acids is 1. The molecule has 0 aromatic heterocycles. The predicted octanol–water partition coefficient (Wildman–Crippen LogP) is 6.11. The number of benzene rings is 4. The van der Waals surface area contributed by atoms with Gasteiger partial charge < -0.3 is 24.4 Å². The van der Waals surface area contributed by atoms with Crippen LogP contribution in [0, 0.1) is 17.7 Å². The van der Waals surface area contributed by atoms with Gasteiger partial charge in [-0.1, -0.05) is 60.7 Å². The molecule has 0 spiro atoms. The van der Waals surface area contributed by atoms with Crippen molar-refractivity contribution in [2.75, 3.05) is 14.2 Å². The molecule has 2 N–H and O–H groups in total. The summed E-state index contributed by atoms with van der Waals surface area (Å²) >= 11 is 0. The lowest BCUT2D eigenvalue weighted by Crippen LogP contribution is -2.53. The Labute approximate surface area is 226 Å². The molecule has 39 heavy (non-hydrogen) atoms. The minimum Gasteiger partial charge on any atom is -0.496 e. The third-order valence-corrected chi connectivity index (χ3v) is 7.48. The summed E-state index contributed by atoms with van der Waals surface area (Å²) in [6.45, 7) is 0. The van der Waals surface area contributed by atoms with Crippen LogP contribution >= 0.6 is 0 Å². The van der Waals surface area contributed by atoms with Gasteiger partial charge in [-0.05, 0) is 58.7 Å². The molecule has 3 unspecified atom stereocenters. The lowest BCUT2D eigenvalue weighted by molar-refractivity contribution is -0.165. The van der Waals surface area contributed by atoms with Gasteiger partial charge >= 0.3 is 5.97 Å². The molecule has 5 rings (SSSR count). The first-order valence-electron chi connectivity index (χ1n) is 12.6. The first-order chi connectivity index (χ1) is 18.9. The summed E-state index contributed by atoms with van der Waals surface area (Å²) in [6.07, 6.45) is -1.35. The van der Waals surface area contributed by atoms with E-state index in [9.17, 15) is 19.4 Å². The molecule has 0 aliphatic heterocycles. The van der Waals surface area contributed by atoms with Gasteiger partial charge in [-0.3, -0.25) is 4.79 Å². The summed E-state index contributed by atoms with van der Waals surface area (Å²) in [4.78, 5) is 12.7. The highest BCUT2D eigenvalue weighted by atomic mass is 19.1. The number of carboxylic acids is 1. The van der Waals surface area contributed by atoms with Crippen molar-refractivity contribution in [3.8, 4) is 28.4 Å². The zero-order valence-electron chi connectivity index (χ0n) is 21.5. The molecule has 1 fully saturated rings. The van der Waals surface area contributed by atoms with Gasteiger partial charge in [0.25, 0.3) is 0 Å². The fourth-order valence-corrected chi connectivity index (χ4v) is 5.74. The van der Waals surface area contributed by atoms with E-state index in [4.69, 9.17) is 14.2 Å². The first kappa shape index (κ1) is 26.3. The second-order valence-corrected chi connectivity index (χ2v) is 9.52. The average molecular weight is 529 g/mol. The molecule has 1 aliphatic carbocycles. The zero-order chi connectivity index (χ0) is 27.5. The number of carbonyl (C=O) groups is 1. The van der Waals surface area contributed by atoms with Crippen LogP contribution in [0.1, 0.15) is 23.0 Å². The Morgan fingerprint density at radius 1 is 0.769 bits per heavy atom. The quantitative estimate of drug-likeness (QED) is 0.255. The molecule has 4 aromatic rings. The van der Waals surface area contributed by atoms with Crippen LogP contribution in [-0.4, -0.2) is 36.7 Å². The van der Waals surface area contributed by atoms with Gasteiger partial charge in [0, 0.05) is 17.8 Å². The standard InChI is InChI=1S/C32H29FO6/c1-37-25-12-5-3-10-23(25)27-29(31(34)35)28(24-11-4-6-13-26(24)38-2)30(27)32(36)39-22-9-7-8-20(18-22)19-14-16-21(33)17-15-19/h3-18,27-30,32,36H,1-2H3,(H,34,35)/t27-,28?,29?,30?,32-/m0/s1. The van der Waals surface area contributed by atoms with Crippen LogP contribution in [0.4, 0.5) is 4.39 Å². The molecule has 1 saturated carbocycles. The number of methoxy groups -OCH3 is 2. The molecule has 7 heteroatoms. The zero-order valence-corrected chi connectivity index (χ0v) is 21.5. The highest BCUT2D eigenvalue weighted by Gasteiger charge is 2.60. The maximum absolute atomic E-state index is 13.4. The number of para-hydroxylation sites is 2. The summed E-state index contributed by atoms with van der Waals surface area (Å²) in [7, 11) is 3.07. The molecule has 1 aliphatic rings. The minimum atomic E-state index is -1.35. The van der Waals surface area contributed by atoms with Gasteiger partial charge in [-0.25, -0.2) is 4.39 Å². The summed E-state index contributed by atoms with van der Waals surface area (Å²) in [5.41, 5.74) is 2.96. The molecule has 6 nitrogen and oxygen atoms in total. The van der Waals surface area contributed by atoms with Gasteiger partial charge in [0.2, 0.25) is 6.29 Å². The van der Waals surface area contributed by atoms with Crippen LogP contribution in [0.15, 0.2) is 97.1 Å². The predicted molar refractivity (Wildman–Crippen MR) is 145 cm³/mol. The molecule has 200 valence electrons. The van der Waals surface area contributed by atoms with E-state index in [1.807, 2.05) is 42.5 Å². The largest absolute Gasteiger partial charge is 0.496 e. The van der Waals surface area contributed by atoms with E-state index in [1.54, 1.807) is 42.5 Å². The number of halogens is 1. The van der Waals surface area contributed by atoms with Crippen molar-refractivity contribution in [1.82, 2.24) is 0 Å². The second-order valence-electron chi connectivity index (χ2n) is 9.52. The third-order valence-electron chi connectivity index (χ3n) is 7.48. The Bertz CT molecular complexity index is 1400. The van der Waals surface area contributed by atoms with E-state index in [0.717, 1.165) is 11.1 Å². The van der Waals surface area contributed by atoms with Crippen molar-refractivity contribution in [2.45, 2.75) is 18.1 Å². The number of hydrogen-bond donors (Lipinski definition) is 2. The van der Waals surface area contributed by atoms with Crippen molar-refractivity contribution >= 4 is 5.97 Å². The Kier molecular flexibility index (Phi) is 7.52. The topological polar surface area (TPSA) is 85.2 Å². The van der Waals surface area contributed by atoms with E-state index in [0.29, 0.717) is 28.4 Å². The lowest BCUT2D eigenvalue weighted by atomic mass is 9.52. The van der Waals surface area contributed by atoms with E-state index in [-0.39, 0.29) is 5.82 Å². The number of ether oxygens (including phenoxy) is 3. The fourth-order valence-electron chi connectivity index (χ4n) is 5.74. The monoisotopic (exact) mass is 528 g/mol. The van der Waals surface area contributed by atoms with E-state index in [1.165, 1.54) is 26.4 Å². The lowest BCUT2D eigenvalue weighted by Gasteiger charge is -2.52. The van der Waals surface area contributed by atoms with Gasteiger partial charge in [0.05, 0.1) is 20.1 Å². The van der Waals surface area contributed by atoms with Crippen molar-refractivity contribution in [3.05, 3.63) is 114 Å². The average Bonchev–Trinajstić information content (AvgIpc) is 2.93. The van der Waals surface area contributed by atoms with Crippen LogP contribution in [0.5, 0.6) is 17.2 Å². The number of aliphatic hydroxyl groups excluding tert-OH is 1. The minimum absolute atomic E-state index is 0.329. The highest BCUT2D eigenvalue weighted by molar-refractivity contribution is 5.76. The maximum Gasteiger partial charge on any atom is 0.307 e. The van der Waals surface area contributed by atoms with E-state index in [2.05, 4.69) is 0 Å². The maximum atomic E-state index is 13.4. The number of rotatable bonds is 9. The smallest absolute Gasteiger partial charge is 0.307 e. The molecule has 0 saturated heterocycles. The van der Waals surface area contributed by atoms with Gasteiger partial charge in [0.15, 0.2) is 0 Å². The molecule has 0 radical (unpaired) electrons. The molecular formula is C32H29FO6. The van der Waals surface area contributed by atoms with Crippen molar-refractivity contribution in [1.29, 1.82) is 0 Å². The van der Waals surface area contributed by atoms with Crippen LogP contribution in [-0.2, 0) is 4.79 Å². The number of aliphatic hydroxyl groups is 1. The van der Waals surface area contributed by atoms with Crippen LogP contribution < -0.4 is 14.2 Å². The van der Waals surface area contributed by atoms with Crippen LogP contribution in [0.3, 0.4) is 0 Å². The molecule has 5 atom stereocenters. The van der Waals surface area contributed by atoms with Crippen molar-refractivity contribution in [3.63, 3.8) is 0 Å². The van der Waals surface area contributed by atoms with Crippen LogP contribution in [0.25, 0.3) is 11.1 Å². The summed E-state index contributed by atoms with van der Waals surface area (Å²) in [5, 5.41) is 21.9. The molecule has 0 bridgehead atoms. The Morgan fingerprint density at radius 3 is 1.87 bits per heavy atom. The van der Waals surface area contributed by atoms with Crippen LogP contribution in [0.2, 0.25) is 0 Å². The second kappa shape index (κ2) is 11.2.